The van der Waals surface area contributed by atoms with Gasteiger partial charge in [0.05, 0.1) is 13.5 Å². The molecule has 0 aliphatic carbocycles. The molecule has 7 nitrogen and oxygen atoms in total. The van der Waals surface area contributed by atoms with Crippen molar-refractivity contribution < 1.29 is 19.4 Å². The van der Waals surface area contributed by atoms with Gasteiger partial charge in [-0.3, -0.25) is 4.79 Å². The molecule has 1 aromatic heterocycles. The number of carbonyl (C=O) groups is 2. The van der Waals surface area contributed by atoms with E-state index in [1.54, 1.807) is 13.0 Å². The van der Waals surface area contributed by atoms with E-state index in [0.717, 1.165) is 0 Å². The highest BCUT2D eigenvalue weighted by molar-refractivity contribution is 5.85. The number of carboxylic acids is 1. The van der Waals surface area contributed by atoms with Gasteiger partial charge < -0.3 is 14.7 Å². The number of aliphatic carboxylic acids is 1. The fourth-order valence-corrected chi connectivity index (χ4v) is 2.03. The van der Waals surface area contributed by atoms with Crippen LogP contribution in [0.3, 0.4) is 0 Å². The van der Waals surface area contributed by atoms with Crippen LogP contribution in [0.15, 0.2) is 6.07 Å². The molecule has 1 N–H and O–H groups in total. The number of carbonyl (C=O) groups excluding carboxylic acids is 1. The second-order valence-electron chi connectivity index (χ2n) is 4.55. The lowest BCUT2D eigenvalue weighted by atomic mass is 9.96. The van der Waals surface area contributed by atoms with E-state index in [9.17, 15) is 9.59 Å². The molecule has 2 heterocycles. The van der Waals surface area contributed by atoms with E-state index in [4.69, 9.17) is 5.11 Å². The van der Waals surface area contributed by atoms with Crippen LogP contribution in [0.25, 0.3) is 0 Å². The van der Waals surface area contributed by atoms with Crippen LogP contribution < -0.4 is 4.90 Å². The molecule has 0 radical (unpaired) electrons. The maximum atomic E-state index is 11.4. The lowest BCUT2D eigenvalue weighted by molar-refractivity contribution is -0.138. The van der Waals surface area contributed by atoms with Crippen molar-refractivity contribution in [3.63, 3.8) is 0 Å². The Balaban J connectivity index is 2.08. The minimum atomic E-state index is -0.793. The summed E-state index contributed by atoms with van der Waals surface area (Å²) < 4.78 is 4.59. The Bertz CT molecular complexity index is 512. The van der Waals surface area contributed by atoms with Crippen LogP contribution >= 0.6 is 0 Å². The molecule has 0 atom stereocenters. The van der Waals surface area contributed by atoms with Gasteiger partial charge in [0.15, 0.2) is 0 Å². The van der Waals surface area contributed by atoms with Gasteiger partial charge in [0, 0.05) is 30.8 Å². The first-order valence-corrected chi connectivity index (χ1v) is 5.90. The number of hydrogen-bond donors (Lipinski definition) is 1. The number of rotatable bonds is 4. The summed E-state index contributed by atoms with van der Waals surface area (Å²) in [7, 11) is 1.28. The zero-order chi connectivity index (χ0) is 14.0. The summed E-state index contributed by atoms with van der Waals surface area (Å²) in [5.74, 6) is -0.575. The maximum Gasteiger partial charge on any atom is 0.376 e. The first-order chi connectivity index (χ1) is 8.99. The molecule has 2 rings (SSSR count). The van der Waals surface area contributed by atoms with E-state index in [1.807, 2.05) is 4.90 Å². The van der Waals surface area contributed by atoms with Crippen LogP contribution in [-0.4, -0.2) is 47.2 Å². The standard InChI is InChI=1S/C12H15N3O4/c1-7-3-9(14-11(13-7)12(18)19-2)15-5-8(6-15)4-10(16)17/h3,8H,4-6H2,1-2H3,(H,16,17). The number of aromatic nitrogens is 2. The number of nitrogens with zero attached hydrogens (tertiary/aromatic N) is 3. The number of hydrogen-bond acceptors (Lipinski definition) is 6. The van der Waals surface area contributed by atoms with Gasteiger partial charge >= 0.3 is 11.9 Å². The fraction of sp³-hybridized carbons (Fsp3) is 0.500. The molecule has 1 aliphatic heterocycles. The van der Waals surface area contributed by atoms with Crippen LogP contribution in [0.4, 0.5) is 5.82 Å². The second-order valence-corrected chi connectivity index (χ2v) is 4.55. The Morgan fingerprint density at radius 2 is 2.16 bits per heavy atom. The summed E-state index contributed by atoms with van der Waals surface area (Å²) in [6.45, 7) is 3.03. The topological polar surface area (TPSA) is 92.6 Å². The number of carboxylic acid groups (broad SMARTS) is 1. The Morgan fingerprint density at radius 3 is 2.74 bits per heavy atom. The monoisotopic (exact) mass is 265 g/mol. The third kappa shape index (κ3) is 2.98. The maximum absolute atomic E-state index is 11.4. The average molecular weight is 265 g/mol. The summed E-state index contributed by atoms with van der Waals surface area (Å²) >= 11 is 0. The van der Waals surface area contributed by atoms with Crippen LogP contribution in [0, 0.1) is 12.8 Å². The number of esters is 1. The highest BCUT2D eigenvalue weighted by atomic mass is 16.5. The number of ether oxygens (including phenoxy) is 1. The summed E-state index contributed by atoms with van der Waals surface area (Å²) in [6, 6.07) is 1.77. The van der Waals surface area contributed by atoms with E-state index in [2.05, 4.69) is 14.7 Å². The van der Waals surface area contributed by atoms with Gasteiger partial charge in [-0.15, -0.1) is 0 Å². The van der Waals surface area contributed by atoms with E-state index >= 15 is 0 Å². The van der Waals surface area contributed by atoms with Gasteiger partial charge in [0.25, 0.3) is 0 Å². The predicted octanol–water partition coefficient (Wildman–Crippen LogP) is 0.483. The first kappa shape index (κ1) is 13.3. The van der Waals surface area contributed by atoms with E-state index in [-0.39, 0.29) is 18.2 Å². The van der Waals surface area contributed by atoms with Gasteiger partial charge in [-0.1, -0.05) is 0 Å². The molecule has 0 saturated carbocycles. The van der Waals surface area contributed by atoms with E-state index < -0.39 is 11.9 Å². The van der Waals surface area contributed by atoms with Crippen molar-refractivity contribution in [1.29, 1.82) is 0 Å². The van der Waals surface area contributed by atoms with Crippen molar-refractivity contribution in [1.82, 2.24) is 9.97 Å². The van der Waals surface area contributed by atoms with Crippen LogP contribution in [-0.2, 0) is 9.53 Å². The average Bonchev–Trinajstić information content (AvgIpc) is 2.31. The largest absolute Gasteiger partial charge is 0.481 e. The molecule has 0 amide bonds. The lowest BCUT2D eigenvalue weighted by Crippen LogP contribution is -2.48. The molecule has 0 bridgehead atoms. The number of aryl methyl sites for hydroxylation is 1. The highest BCUT2D eigenvalue weighted by Crippen LogP contribution is 2.25. The van der Waals surface area contributed by atoms with E-state index in [1.165, 1.54) is 7.11 Å². The molecule has 19 heavy (non-hydrogen) atoms. The molecular formula is C12H15N3O4. The van der Waals surface area contributed by atoms with Gasteiger partial charge in [0.2, 0.25) is 5.82 Å². The highest BCUT2D eigenvalue weighted by Gasteiger charge is 2.30. The van der Waals surface area contributed by atoms with Crippen LogP contribution in [0.5, 0.6) is 0 Å². The van der Waals surface area contributed by atoms with Gasteiger partial charge in [-0.2, -0.15) is 0 Å². The molecule has 1 aromatic rings. The van der Waals surface area contributed by atoms with E-state index in [0.29, 0.717) is 24.6 Å². The van der Waals surface area contributed by atoms with Crippen molar-refractivity contribution in [3.05, 3.63) is 17.6 Å². The summed E-state index contributed by atoms with van der Waals surface area (Å²) in [5, 5.41) is 8.69. The van der Waals surface area contributed by atoms with Crippen molar-refractivity contribution in [2.75, 3.05) is 25.1 Å². The number of anilines is 1. The zero-order valence-corrected chi connectivity index (χ0v) is 10.8. The quantitative estimate of drug-likeness (QED) is 0.791. The molecule has 1 fully saturated rings. The Hall–Kier alpha value is -2.18. The van der Waals surface area contributed by atoms with Crippen molar-refractivity contribution in [3.8, 4) is 0 Å². The SMILES string of the molecule is COC(=O)c1nc(C)cc(N2CC(CC(=O)O)C2)n1. The minimum Gasteiger partial charge on any atom is -0.481 e. The molecule has 7 heteroatoms. The van der Waals surface area contributed by atoms with Crippen molar-refractivity contribution in [2.45, 2.75) is 13.3 Å². The summed E-state index contributed by atoms with van der Waals surface area (Å²) in [4.78, 5) is 32.1. The molecule has 102 valence electrons. The second kappa shape index (κ2) is 5.21. The Labute approximate surface area is 110 Å². The smallest absolute Gasteiger partial charge is 0.376 e. The molecular weight excluding hydrogens is 250 g/mol. The first-order valence-electron chi connectivity index (χ1n) is 5.90. The van der Waals surface area contributed by atoms with Crippen LogP contribution in [0.1, 0.15) is 22.7 Å². The zero-order valence-electron chi connectivity index (χ0n) is 10.8. The summed E-state index contributed by atoms with van der Waals surface area (Å²) in [5.41, 5.74) is 0.673. The van der Waals surface area contributed by atoms with Crippen LogP contribution in [0.2, 0.25) is 0 Å². The predicted molar refractivity (Wildman–Crippen MR) is 66.1 cm³/mol. The third-order valence-corrected chi connectivity index (χ3v) is 2.95. The molecule has 1 aliphatic rings. The molecule has 0 unspecified atom stereocenters. The van der Waals surface area contributed by atoms with Gasteiger partial charge in [-0.25, -0.2) is 14.8 Å². The lowest BCUT2D eigenvalue weighted by Gasteiger charge is -2.39. The molecule has 1 saturated heterocycles. The Morgan fingerprint density at radius 1 is 1.47 bits per heavy atom. The summed E-state index contributed by atoms with van der Waals surface area (Å²) in [6.07, 6.45) is 0.157. The fourth-order valence-electron chi connectivity index (χ4n) is 2.03. The number of methoxy groups -OCH3 is 1. The minimum absolute atomic E-state index is 0.0270. The van der Waals surface area contributed by atoms with Gasteiger partial charge in [0.1, 0.15) is 5.82 Å². The van der Waals surface area contributed by atoms with Gasteiger partial charge in [-0.05, 0) is 6.92 Å². The molecule has 0 spiro atoms. The third-order valence-electron chi connectivity index (χ3n) is 2.95. The van der Waals surface area contributed by atoms with Crippen molar-refractivity contribution in [2.24, 2.45) is 5.92 Å². The molecule has 0 aromatic carbocycles. The van der Waals surface area contributed by atoms with Crippen molar-refractivity contribution >= 4 is 17.8 Å². The normalized spacial score (nSPS) is 14.9. The Kier molecular flexibility index (Phi) is 3.64.